The molecule has 0 saturated heterocycles. The Balaban J connectivity index is 2.20. The normalized spacial score (nSPS) is 21.8. The maximum absolute atomic E-state index is 11.9. The molecule has 2 N–H and O–H groups in total. The van der Waals surface area contributed by atoms with Crippen molar-refractivity contribution in [2.75, 3.05) is 12.4 Å². The van der Waals surface area contributed by atoms with Gasteiger partial charge in [0.15, 0.2) is 0 Å². The van der Waals surface area contributed by atoms with Crippen LogP contribution in [0.3, 0.4) is 0 Å². The number of methoxy groups -OCH3 is 1. The van der Waals surface area contributed by atoms with Gasteiger partial charge in [-0.05, 0) is 43.9 Å². The fraction of sp³-hybridized carbons (Fsp3) is 0.556. The second kappa shape index (κ2) is 6.00. The second-order valence-corrected chi connectivity index (χ2v) is 7.70. The van der Waals surface area contributed by atoms with Gasteiger partial charge >= 0.3 is 12.1 Å². The number of carboxylic acid groups (broad SMARTS) is 1. The van der Waals surface area contributed by atoms with E-state index in [-0.39, 0.29) is 11.3 Å². The standard InChI is InChI=1S/C18H25NO5/c1-17(2,3)24-16(22)19-11-8-7-10(9-12(11)23-6)13-14(15(20)21)18(13,4)5/h7-9,13-14H,1-6H3,(H,19,22)(H,20,21)/t13-,14+/m0/s1. The molecule has 1 aromatic carbocycles. The van der Waals surface area contributed by atoms with E-state index in [1.165, 1.54) is 7.11 Å². The van der Waals surface area contributed by atoms with Crippen LogP contribution in [0.4, 0.5) is 10.5 Å². The number of hydrogen-bond acceptors (Lipinski definition) is 4. The molecule has 1 saturated carbocycles. The Kier molecular flexibility index (Phi) is 4.52. The van der Waals surface area contributed by atoms with Gasteiger partial charge in [0, 0.05) is 5.92 Å². The molecule has 1 fully saturated rings. The highest BCUT2D eigenvalue weighted by atomic mass is 16.6. The van der Waals surface area contributed by atoms with Gasteiger partial charge in [-0.3, -0.25) is 10.1 Å². The number of ether oxygens (including phenoxy) is 2. The van der Waals surface area contributed by atoms with Crippen LogP contribution in [0.15, 0.2) is 18.2 Å². The minimum absolute atomic E-state index is 0.0699. The fourth-order valence-electron chi connectivity index (χ4n) is 3.14. The SMILES string of the molecule is COc1cc([C@H]2[C@H](C(=O)O)C2(C)C)ccc1NC(=O)OC(C)(C)C. The number of carboxylic acids is 1. The summed E-state index contributed by atoms with van der Waals surface area (Å²) in [7, 11) is 1.51. The Labute approximate surface area is 142 Å². The first-order valence-electron chi connectivity index (χ1n) is 7.88. The first kappa shape index (κ1) is 18.1. The smallest absolute Gasteiger partial charge is 0.412 e. The molecule has 0 aliphatic heterocycles. The summed E-state index contributed by atoms with van der Waals surface area (Å²) in [6.07, 6.45) is -0.566. The molecule has 0 heterocycles. The van der Waals surface area contributed by atoms with Crippen molar-refractivity contribution in [3.63, 3.8) is 0 Å². The van der Waals surface area contributed by atoms with Crippen molar-refractivity contribution in [3.8, 4) is 5.75 Å². The number of aliphatic carboxylic acids is 1. The molecule has 1 aliphatic carbocycles. The van der Waals surface area contributed by atoms with E-state index in [1.54, 1.807) is 32.9 Å². The number of benzene rings is 1. The fourth-order valence-corrected chi connectivity index (χ4v) is 3.14. The summed E-state index contributed by atoms with van der Waals surface area (Å²) in [5.74, 6) is -0.795. The molecule has 24 heavy (non-hydrogen) atoms. The van der Waals surface area contributed by atoms with Gasteiger partial charge in [0.1, 0.15) is 11.4 Å². The summed E-state index contributed by atoms with van der Waals surface area (Å²) in [6.45, 7) is 9.24. The van der Waals surface area contributed by atoms with Gasteiger partial charge in [0.25, 0.3) is 0 Å². The third-order valence-electron chi connectivity index (χ3n) is 4.31. The highest BCUT2D eigenvalue weighted by molar-refractivity contribution is 5.87. The number of anilines is 1. The molecule has 0 unspecified atom stereocenters. The van der Waals surface area contributed by atoms with Crippen molar-refractivity contribution in [2.45, 2.75) is 46.1 Å². The molecule has 1 amide bonds. The van der Waals surface area contributed by atoms with Crippen LogP contribution in [-0.4, -0.2) is 29.9 Å². The van der Waals surface area contributed by atoms with Gasteiger partial charge in [-0.25, -0.2) is 4.79 Å². The molecule has 2 atom stereocenters. The molecule has 6 nitrogen and oxygen atoms in total. The van der Waals surface area contributed by atoms with Crippen LogP contribution < -0.4 is 10.1 Å². The van der Waals surface area contributed by atoms with Crippen molar-refractivity contribution in [2.24, 2.45) is 11.3 Å². The molecule has 6 heteroatoms. The molecule has 132 valence electrons. The van der Waals surface area contributed by atoms with Crippen LogP contribution in [0.5, 0.6) is 5.75 Å². The lowest BCUT2D eigenvalue weighted by atomic mass is 10.0. The summed E-state index contributed by atoms with van der Waals surface area (Å²) in [6, 6.07) is 5.32. The van der Waals surface area contributed by atoms with E-state index in [0.717, 1.165) is 5.56 Å². The maximum atomic E-state index is 11.9. The van der Waals surface area contributed by atoms with Gasteiger partial charge in [-0.2, -0.15) is 0 Å². The van der Waals surface area contributed by atoms with Crippen LogP contribution in [0.2, 0.25) is 0 Å². The zero-order chi connectivity index (χ0) is 18.3. The quantitative estimate of drug-likeness (QED) is 0.872. The summed E-state index contributed by atoms with van der Waals surface area (Å²) in [4.78, 5) is 23.3. The van der Waals surface area contributed by atoms with E-state index in [2.05, 4.69) is 5.32 Å². The Morgan fingerprint density at radius 3 is 2.33 bits per heavy atom. The van der Waals surface area contributed by atoms with Crippen LogP contribution in [0.25, 0.3) is 0 Å². The Morgan fingerprint density at radius 2 is 1.88 bits per heavy atom. The number of carbonyl (C=O) groups is 2. The highest BCUT2D eigenvalue weighted by Gasteiger charge is 2.62. The van der Waals surface area contributed by atoms with Crippen molar-refractivity contribution < 1.29 is 24.2 Å². The Bertz CT molecular complexity index is 660. The summed E-state index contributed by atoms with van der Waals surface area (Å²) in [5.41, 5.74) is 0.487. The van der Waals surface area contributed by atoms with Gasteiger partial charge in [0.05, 0.1) is 18.7 Å². The molecular weight excluding hydrogens is 310 g/mol. The highest BCUT2D eigenvalue weighted by Crippen LogP contribution is 2.64. The van der Waals surface area contributed by atoms with E-state index in [4.69, 9.17) is 9.47 Å². The molecule has 0 bridgehead atoms. The van der Waals surface area contributed by atoms with Crippen molar-refractivity contribution in [1.29, 1.82) is 0 Å². The lowest BCUT2D eigenvalue weighted by molar-refractivity contribution is -0.139. The summed E-state index contributed by atoms with van der Waals surface area (Å²) in [5, 5.41) is 12.0. The van der Waals surface area contributed by atoms with E-state index in [1.807, 2.05) is 19.9 Å². The second-order valence-electron chi connectivity index (χ2n) is 7.70. The molecule has 0 spiro atoms. The largest absolute Gasteiger partial charge is 0.495 e. The van der Waals surface area contributed by atoms with Crippen molar-refractivity contribution in [3.05, 3.63) is 23.8 Å². The van der Waals surface area contributed by atoms with E-state index < -0.39 is 23.6 Å². The van der Waals surface area contributed by atoms with Crippen LogP contribution in [0.1, 0.15) is 46.1 Å². The minimum atomic E-state index is -0.792. The van der Waals surface area contributed by atoms with E-state index >= 15 is 0 Å². The zero-order valence-electron chi connectivity index (χ0n) is 15.0. The Hall–Kier alpha value is -2.24. The van der Waals surface area contributed by atoms with Gasteiger partial charge < -0.3 is 14.6 Å². The van der Waals surface area contributed by atoms with E-state index in [0.29, 0.717) is 11.4 Å². The maximum Gasteiger partial charge on any atom is 0.412 e. The van der Waals surface area contributed by atoms with Gasteiger partial charge in [0.2, 0.25) is 0 Å². The van der Waals surface area contributed by atoms with Crippen LogP contribution in [-0.2, 0) is 9.53 Å². The lowest BCUT2D eigenvalue weighted by Crippen LogP contribution is -2.27. The average molecular weight is 335 g/mol. The molecular formula is C18H25NO5. The average Bonchev–Trinajstić information content (AvgIpc) is 3.00. The predicted octanol–water partition coefficient (Wildman–Crippen LogP) is 3.87. The predicted molar refractivity (Wildman–Crippen MR) is 90.5 cm³/mol. The monoisotopic (exact) mass is 335 g/mol. The zero-order valence-corrected chi connectivity index (χ0v) is 15.0. The van der Waals surface area contributed by atoms with Gasteiger partial charge in [-0.15, -0.1) is 0 Å². The topological polar surface area (TPSA) is 84.9 Å². The third kappa shape index (κ3) is 3.63. The Morgan fingerprint density at radius 1 is 1.25 bits per heavy atom. The van der Waals surface area contributed by atoms with Crippen molar-refractivity contribution >= 4 is 17.7 Å². The molecule has 0 aromatic heterocycles. The number of rotatable bonds is 4. The number of amides is 1. The molecule has 2 rings (SSSR count). The number of hydrogen-bond donors (Lipinski definition) is 2. The van der Waals surface area contributed by atoms with Gasteiger partial charge in [-0.1, -0.05) is 19.9 Å². The third-order valence-corrected chi connectivity index (χ3v) is 4.31. The minimum Gasteiger partial charge on any atom is -0.495 e. The van der Waals surface area contributed by atoms with E-state index in [9.17, 15) is 14.7 Å². The first-order chi connectivity index (χ1) is 11.0. The van der Waals surface area contributed by atoms with Crippen LogP contribution >= 0.6 is 0 Å². The molecule has 0 radical (unpaired) electrons. The molecule has 1 aromatic rings. The van der Waals surface area contributed by atoms with Crippen molar-refractivity contribution in [1.82, 2.24) is 0 Å². The lowest BCUT2D eigenvalue weighted by Gasteiger charge is -2.20. The molecule has 1 aliphatic rings. The number of carbonyl (C=O) groups excluding carboxylic acids is 1. The first-order valence-corrected chi connectivity index (χ1v) is 7.88. The number of nitrogens with one attached hydrogen (secondary N) is 1. The van der Waals surface area contributed by atoms with Crippen LogP contribution in [0, 0.1) is 11.3 Å². The summed E-state index contributed by atoms with van der Waals surface area (Å²) >= 11 is 0. The summed E-state index contributed by atoms with van der Waals surface area (Å²) < 4.78 is 10.6.